The van der Waals surface area contributed by atoms with Crippen molar-refractivity contribution in [3.8, 4) is 11.3 Å². The smallest absolute Gasteiger partial charge is 0.337 e. The van der Waals surface area contributed by atoms with E-state index >= 15 is 0 Å². The average Bonchev–Trinajstić information content (AvgIpc) is 3.05. The van der Waals surface area contributed by atoms with Crippen LogP contribution < -0.4 is 0 Å². The Morgan fingerprint density at radius 2 is 2.03 bits per heavy atom. The number of hydrogen-bond acceptors (Lipinski definition) is 5. The second kappa shape index (κ2) is 8.53. The zero-order valence-corrected chi connectivity index (χ0v) is 17.7. The molecule has 0 atom stereocenters. The van der Waals surface area contributed by atoms with Crippen LogP contribution >= 0.6 is 11.6 Å². The van der Waals surface area contributed by atoms with E-state index in [1.165, 1.54) is 7.11 Å². The van der Waals surface area contributed by atoms with Crippen LogP contribution in [0.15, 0.2) is 70.0 Å². The number of esters is 1. The number of aromatic nitrogens is 1. The van der Waals surface area contributed by atoms with Gasteiger partial charge in [-0.1, -0.05) is 49.4 Å². The molecule has 29 heavy (non-hydrogen) atoms. The highest BCUT2D eigenvalue weighted by Crippen LogP contribution is 2.37. The first kappa shape index (κ1) is 20.7. The van der Waals surface area contributed by atoms with E-state index in [0.29, 0.717) is 28.7 Å². The fourth-order valence-corrected chi connectivity index (χ4v) is 3.70. The molecule has 0 unspecified atom stereocenters. The molecule has 3 rings (SSSR count). The maximum absolute atomic E-state index is 11.8. The lowest BCUT2D eigenvalue weighted by Gasteiger charge is -2.26. The molecule has 1 aromatic carbocycles. The van der Waals surface area contributed by atoms with Crippen molar-refractivity contribution in [1.82, 2.24) is 9.88 Å². The number of halogens is 1. The lowest BCUT2D eigenvalue weighted by atomic mass is 9.96. The van der Waals surface area contributed by atoms with Crippen LogP contribution in [0.3, 0.4) is 0 Å². The molecule has 1 aliphatic heterocycles. The van der Waals surface area contributed by atoms with Crippen molar-refractivity contribution < 1.29 is 13.9 Å². The van der Waals surface area contributed by atoms with Gasteiger partial charge in [0.1, 0.15) is 5.16 Å². The third-order valence-electron chi connectivity index (χ3n) is 4.67. The van der Waals surface area contributed by atoms with Crippen molar-refractivity contribution in [2.24, 2.45) is 0 Å². The van der Waals surface area contributed by atoms with Crippen molar-refractivity contribution in [2.45, 2.75) is 27.2 Å². The number of aryl methyl sites for hydroxylation is 2. The highest BCUT2D eigenvalue weighted by molar-refractivity contribution is 6.32. The maximum Gasteiger partial charge on any atom is 0.337 e. The molecule has 0 radical (unpaired) electrons. The molecule has 150 valence electrons. The summed E-state index contributed by atoms with van der Waals surface area (Å²) in [5.74, 6) is 0.932. The van der Waals surface area contributed by atoms with Gasteiger partial charge in [0, 0.05) is 24.4 Å². The van der Waals surface area contributed by atoms with Gasteiger partial charge in [-0.15, -0.1) is 0 Å². The van der Waals surface area contributed by atoms with Crippen molar-refractivity contribution in [1.29, 1.82) is 0 Å². The molecule has 2 heterocycles. The summed E-state index contributed by atoms with van der Waals surface area (Å²) in [6.45, 7) is 9.83. The summed E-state index contributed by atoms with van der Waals surface area (Å²) >= 11 is 6.82. The molecule has 5 nitrogen and oxygen atoms in total. The summed E-state index contributed by atoms with van der Waals surface area (Å²) in [6, 6.07) is 7.94. The normalized spacial score (nSPS) is 14.6. The lowest BCUT2D eigenvalue weighted by Crippen LogP contribution is -2.18. The minimum Gasteiger partial charge on any atom is -0.465 e. The molecule has 0 amide bonds. The Bertz CT molecular complexity index is 1060. The van der Waals surface area contributed by atoms with E-state index in [1.54, 1.807) is 23.3 Å². The zero-order chi connectivity index (χ0) is 21.1. The Kier molecular flexibility index (Phi) is 6.09. The molecule has 0 spiro atoms. The number of rotatable bonds is 5. The Balaban J connectivity index is 2.07. The monoisotopic (exact) mass is 410 g/mol. The van der Waals surface area contributed by atoms with Crippen LogP contribution in [0.25, 0.3) is 16.9 Å². The molecule has 0 aliphatic carbocycles. The van der Waals surface area contributed by atoms with Gasteiger partial charge in [-0.2, -0.15) is 0 Å². The third kappa shape index (κ3) is 4.05. The van der Waals surface area contributed by atoms with Gasteiger partial charge in [-0.05, 0) is 36.6 Å². The second-order valence-electron chi connectivity index (χ2n) is 6.58. The number of hydrogen-bond donors (Lipinski definition) is 0. The maximum atomic E-state index is 11.8. The van der Waals surface area contributed by atoms with Gasteiger partial charge >= 0.3 is 5.97 Å². The summed E-state index contributed by atoms with van der Waals surface area (Å²) in [6.07, 6.45) is 5.72. The Morgan fingerprint density at radius 1 is 1.31 bits per heavy atom. The predicted octanol–water partition coefficient (Wildman–Crippen LogP) is 5.72. The Labute approximate surface area is 175 Å². The van der Waals surface area contributed by atoms with Crippen LogP contribution in [0.1, 0.15) is 30.5 Å². The zero-order valence-electron chi connectivity index (χ0n) is 17.0. The minimum atomic E-state index is -0.417. The van der Waals surface area contributed by atoms with Crippen molar-refractivity contribution >= 4 is 23.1 Å². The summed E-state index contributed by atoms with van der Waals surface area (Å²) in [5, 5.41) is 0.509. The Hall–Kier alpha value is -3.05. The molecule has 0 saturated carbocycles. The molecule has 0 saturated heterocycles. The number of allylic oxidation sites excluding steroid dienone is 2. The highest BCUT2D eigenvalue weighted by atomic mass is 35.5. The summed E-state index contributed by atoms with van der Waals surface area (Å²) in [5.41, 5.74) is 4.64. The predicted molar refractivity (Wildman–Crippen MR) is 115 cm³/mol. The molecule has 0 bridgehead atoms. The van der Waals surface area contributed by atoms with E-state index in [2.05, 4.69) is 11.6 Å². The van der Waals surface area contributed by atoms with Gasteiger partial charge in [0.25, 0.3) is 0 Å². The number of methoxy groups -OCH3 is 1. The molecule has 0 N–H and O–H groups in total. The second-order valence-corrected chi connectivity index (χ2v) is 6.94. The first-order valence-corrected chi connectivity index (χ1v) is 9.64. The van der Waals surface area contributed by atoms with E-state index in [9.17, 15) is 4.79 Å². The fourth-order valence-electron chi connectivity index (χ4n) is 3.30. The first-order valence-electron chi connectivity index (χ1n) is 9.26. The van der Waals surface area contributed by atoms with Crippen molar-refractivity contribution in [3.63, 3.8) is 0 Å². The quantitative estimate of drug-likeness (QED) is 0.466. The van der Waals surface area contributed by atoms with E-state index in [4.69, 9.17) is 20.8 Å². The Morgan fingerprint density at radius 3 is 2.62 bits per heavy atom. The number of benzene rings is 1. The lowest BCUT2D eigenvalue weighted by molar-refractivity contribution is -0.135. The summed E-state index contributed by atoms with van der Waals surface area (Å²) < 4.78 is 10.6. The standard InChI is InChI=1S/C23H23ClN2O3/c1-6-18(22(24)26-12-11-17(13-14(26)2)23(27)28-5)19-9-7-8-10-20(19)21-15(3)25-16(4)29-21/h7-13H,2,6H2,1,3-5H3/b22-18+. The SMILES string of the molecule is C=C1C=C(C(=O)OC)C=CN1/C(Cl)=C(\CC)c1ccccc1-c1oc(C)nc1C. The van der Waals surface area contributed by atoms with E-state index in [1.807, 2.05) is 45.0 Å². The molecule has 0 fully saturated rings. The number of ether oxygens (including phenoxy) is 1. The third-order valence-corrected chi connectivity index (χ3v) is 5.08. The van der Waals surface area contributed by atoms with Crippen LogP contribution in [0.4, 0.5) is 0 Å². The van der Waals surface area contributed by atoms with Gasteiger partial charge in [0.05, 0.1) is 18.4 Å². The van der Waals surface area contributed by atoms with Crippen molar-refractivity contribution in [2.75, 3.05) is 7.11 Å². The van der Waals surface area contributed by atoms with E-state index in [0.717, 1.165) is 28.2 Å². The number of oxazole rings is 1. The fraction of sp³-hybridized carbons (Fsp3) is 0.217. The average molecular weight is 411 g/mol. The molecular formula is C23H23ClN2O3. The topological polar surface area (TPSA) is 55.6 Å². The molecule has 2 aromatic rings. The van der Waals surface area contributed by atoms with Crippen LogP contribution in [0.5, 0.6) is 0 Å². The van der Waals surface area contributed by atoms with Crippen LogP contribution in [-0.2, 0) is 9.53 Å². The summed E-state index contributed by atoms with van der Waals surface area (Å²) in [4.78, 5) is 17.9. The number of carbonyl (C=O) groups excluding carboxylic acids is 1. The summed E-state index contributed by atoms with van der Waals surface area (Å²) in [7, 11) is 1.35. The number of carbonyl (C=O) groups is 1. The minimum absolute atomic E-state index is 0.417. The molecule has 1 aromatic heterocycles. The molecular weight excluding hydrogens is 388 g/mol. The highest BCUT2D eigenvalue weighted by Gasteiger charge is 2.22. The van der Waals surface area contributed by atoms with Crippen LogP contribution in [-0.4, -0.2) is 23.0 Å². The molecule has 6 heteroatoms. The molecule has 1 aliphatic rings. The van der Waals surface area contributed by atoms with Gasteiger partial charge in [-0.3, -0.25) is 0 Å². The van der Waals surface area contributed by atoms with Crippen LogP contribution in [0, 0.1) is 13.8 Å². The largest absolute Gasteiger partial charge is 0.465 e. The van der Waals surface area contributed by atoms with Gasteiger partial charge in [0.15, 0.2) is 11.7 Å². The van der Waals surface area contributed by atoms with Crippen LogP contribution in [0.2, 0.25) is 0 Å². The van der Waals surface area contributed by atoms with Crippen molar-refractivity contribution in [3.05, 3.63) is 82.8 Å². The first-order chi connectivity index (χ1) is 13.9. The van der Waals surface area contributed by atoms with E-state index < -0.39 is 5.97 Å². The number of nitrogens with zero attached hydrogens (tertiary/aromatic N) is 2. The van der Waals surface area contributed by atoms with Gasteiger partial charge in [-0.25, -0.2) is 9.78 Å². The van der Waals surface area contributed by atoms with Gasteiger partial charge < -0.3 is 14.1 Å². The van der Waals surface area contributed by atoms with E-state index in [-0.39, 0.29) is 0 Å². The van der Waals surface area contributed by atoms with Gasteiger partial charge in [0.2, 0.25) is 0 Å².